The van der Waals surface area contributed by atoms with Crippen LogP contribution in [0.5, 0.6) is 0 Å². The largest absolute Gasteiger partial charge is 0.300 e. The normalized spacial score (nSPS) is 12.1. The number of ketones is 1. The standard InChI is InChI=1S/C7H11NO/c1-6(7(2)9)4-3-5-8/h6H,3-4H2,1-2H3/t6-/m0/s1. The van der Waals surface area contributed by atoms with Gasteiger partial charge in [0.05, 0.1) is 6.07 Å². The monoisotopic (exact) mass is 125 g/mol. The van der Waals surface area contributed by atoms with Gasteiger partial charge in [-0.05, 0) is 13.3 Å². The zero-order valence-electron chi connectivity index (χ0n) is 5.85. The molecule has 0 amide bonds. The molecule has 0 radical (unpaired) electrons. The smallest absolute Gasteiger partial charge is 0.132 e. The van der Waals surface area contributed by atoms with E-state index in [-0.39, 0.29) is 11.7 Å². The van der Waals surface area contributed by atoms with E-state index < -0.39 is 0 Å². The third kappa shape index (κ3) is 3.72. The maximum atomic E-state index is 10.5. The lowest BCUT2D eigenvalue weighted by Gasteiger charge is -2.00. The minimum absolute atomic E-state index is 0.0599. The van der Waals surface area contributed by atoms with Crippen LogP contribution in [0.2, 0.25) is 0 Å². The molecule has 0 aromatic heterocycles. The molecule has 0 aromatic rings. The zero-order valence-corrected chi connectivity index (χ0v) is 5.85. The predicted octanol–water partition coefficient (Wildman–Crippen LogP) is 1.52. The molecule has 9 heavy (non-hydrogen) atoms. The minimum Gasteiger partial charge on any atom is -0.300 e. The first kappa shape index (κ1) is 8.16. The van der Waals surface area contributed by atoms with Gasteiger partial charge in [0.15, 0.2) is 0 Å². The molecule has 2 heteroatoms. The Labute approximate surface area is 55.5 Å². The van der Waals surface area contributed by atoms with Gasteiger partial charge in [0.25, 0.3) is 0 Å². The van der Waals surface area contributed by atoms with Crippen molar-refractivity contribution in [3.63, 3.8) is 0 Å². The van der Waals surface area contributed by atoms with Crippen LogP contribution < -0.4 is 0 Å². The van der Waals surface area contributed by atoms with E-state index in [1.165, 1.54) is 0 Å². The van der Waals surface area contributed by atoms with Crippen LogP contribution in [-0.2, 0) is 4.79 Å². The fraction of sp³-hybridized carbons (Fsp3) is 0.714. The maximum absolute atomic E-state index is 10.5. The van der Waals surface area contributed by atoms with Crippen molar-refractivity contribution in [2.24, 2.45) is 5.92 Å². The lowest BCUT2D eigenvalue weighted by molar-refractivity contribution is -0.120. The minimum atomic E-state index is 0.0599. The molecular formula is C7H11NO. The summed E-state index contributed by atoms with van der Waals surface area (Å²) in [5, 5.41) is 8.14. The van der Waals surface area contributed by atoms with Crippen LogP contribution in [0.25, 0.3) is 0 Å². The fourth-order valence-electron chi connectivity index (χ4n) is 0.484. The Balaban J connectivity index is 3.41. The number of rotatable bonds is 3. The molecule has 0 rings (SSSR count). The van der Waals surface area contributed by atoms with E-state index in [4.69, 9.17) is 5.26 Å². The number of Topliss-reactive ketones (excluding diaryl/α,β-unsaturated/α-hetero) is 1. The highest BCUT2D eigenvalue weighted by Gasteiger charge is 2.05. The van der Waals surface area contributed by atoms with Gasteiger partial charge in [-0.1, -0.05) is 6.92 Å². The Morgan fingerprint density at radius 1 is 1.78 bits per heavy atom. The van der Waals surface area contributed by atoms with Gasteiger partial charge in [-0.15, -0.1) is 0 Å². The number of carbonyl (C=O) groups excluding carboxylic acids is 1. The molecule has 0 bridgehead atoms. The lowest BCUT2D eigenvalue weighted by atomic mass is 10.0. The summed E-state index contributed by atoms with van der Waals surface area (Å²) in [6.45, 7) is 3.40. The molecular weight excluding hydrogens is 114 g/mol. The Morgan fingerprint density at radius 2 is 2.33 bits per heavy atom. The van der Waals surface area contributed by atoms with Crippen molar-refractivity contribution >= 4 is 5.78 Å². The molecule has 0 aliphatic heterocycles. The topological polar surface area (TPSA) is 40.9 Å². The zero-order chi connectivity index (χ0) is 7.28. The summed E-state index contributed by atoms with van der Waals surface area (Å²) in [5.74, 6) is 0.231. The Bertz CT molecular complexity index is 134. The molecule has 1 atom stereocenters. The van der Waals surface area contributed by atoms with Gasteiger partial charge in [-0.25, -0.2) is 0 Å². The van der Waals surface area contributed by atoms with Crippen LogP contribution in [-0.4, -0.2) is 5.78 Å². The SMILES string of the molecule is CC(=O)[C@@H](C)CCC#N. The van der Waals surface area contributed by atoms with Gasteiger partial charge in [0.1, 0.15) is 5.78 Å². The quantitative estimate of drug-likeness (QED) is 0.573. The molecule has 50 valence electrons. The molecule has 0 aliphatic carbocycles. The van der Waals surface area contributed by atoms with E-state index in [2.05, 4.69) is 0 Å². The summed E-state index contributed by atoms with van der Waals surface area (Å²) < 4.78 is 0. The van der Waals surface area contributed by atoms with E-state index >= 15 is 0 Å². The summed E-state index contributed by atoms with van der Waals surface area (Å²) in [6.07, 6.45) is 1.19. The van der Waals surface area contributed by atoms with E-state index in [1.807, 2.05) is 13.0 Å². The van der Waals surface area contributed by atoms with E-state index in [9.17, 15) is 4.79 Å². The van der Waals surface area contributed by atoms with Crippen molar-refractivity contribution in [2.75, 3.05) is 0 Å². The lowest BCUT2D eigenvalue weighted by Crippen LogP contribution is -2.04. The summed E-state index contributed by atoms with van der Waals surface area (Å²) in [5.41, 5.74) is 0. The van der Waals surface area contributed by atoms with Gasteiger partial charge >= 0.3 is 0 Å². The Kier molecular flexibility index (Phi) is 3.70. The van der Waals surface area contributed by atoms with Crippen LogP contribution in [0.1, 0.15) is 26.7 Å². The first-order valence-electron chi connectivity index (χ1n) is 3.06. The second-order valence-electron chi connectivity index (χ2n) is 2.21. The number of nitriles is 1. The van der Waals surface area contributed by atoms with Crippen LogP contribution in [0.3, 0.4) is 0 Å². The third-order valence-electron chi connectivity index (χ3n) is 1.38. The first-order valence-corrected chi connectivity index (χ1v) is 3.06. The van der Waals surface area contributed by atoms with Crippen molar-refractivity contribution in [2.45, 2.75) is 26.7 Å². The summed E-state index contributed by atoms with van der Waals surface area (Å²) in [6, 6.07) is 2.00. The highest BCUT2D eigenvalue weighted by molar-refractivity contribution is 5.77. The summed E-state index contributed by atoms with van der Waals surface area (Å²) in [7, 11) is 0. The van der Waals surface area contributed by atoms with E-state index in [0.717, 1.165) is 0 Å². The number of hydrogen-bond acceptors (Lipinski definition) is 2. The molecule has 0 N–H and O–H groups in total. The number of hydrogen-bond donors (Lipinski definition) is 0. The Morgan fingerprint density at radius 3 is 2.67 bits per heavy atom. The third-order valence-corrected chi connectivity index (χ3v) is 1.38. The van der Waals surface area contributed by atoms with Gasteiger partial charge in [0.2, 0.25) is 0 Å². The second-order valence-corrected chi connectivity index (χ2v) is 2.21. The number of carbonyl (C=O) groups is 1. The molecule has 0 spiro atoms. The Hall–Kier alpha value is -0.840. The van der Waals surface area contributed by atoms with Gasteiger partial charge in [0, 0.05) is 12.3 Å². The molecule has 0 heterocycles. The van der Waals surface area contributed by atoms with Crippen molar-refractivity contribution in [3.05, 3.63) is 0 Å². The molecule has 0 aromatic carbocycles. The number of nitrogens with zero attached hydrogens (tertiary/aromatic N) is 1. The fourth-order valence-corrected chi connectivity index (χ4v) is 0.484. The highest BCUT2D eigenvalue weighted by Crippen LogP contribution is 2.04. The van der Waals surface area contributed by atoms with Crippen molar-refractivity contribution in [3.8, 4) is 6.07 Å². The van der Waals surface area contributed by atoms with Gasteiger partial charge in [-0.2, -0.15) is 5.26 Å². The van der Waals surface area contributed by atoms with Crippen LogP contribution in [0.15, 0.2) is 0 Å². The molecule has 0 fully saturated rings. The average molecular weight is 125 g/mol. The van der Waals surface area contributed by atoms with Gasteiger partial charge in [-0.3, -0.25) is 4.79 Å². The van der Waals surface area contributed by atoms with E-state index in [0.29, 0.717) is 12.8 Å². The molecule has 0 saturated heterocycles. The molecule has 2 nitrogen and oxygen atoms in total. The summed E-state index contributed by atoms with van der Waals surface area (Å²) >= 11 is 0. The van der Waals surface area contributed by atoms with Crippen molar-refractivity contribution in [1.82, 2.24) is 0 Å². The maximum Gasteiger partial charge on any atom is 0.132 e. The molecule has 0 saturated carbocycles. The van der Waals surface area contributed by atoms with Crippen LogP contribution in [0.4, 0.5) is 0 Å². The highest BCUT2D eigenvalue weighted by atomic mass is 16.1. The molecule has 0 aliphatic rings. The first-order chi connectivity index (χ1) is 4.18. The van der Waals surface area contributed by atoms with Crippen molar-refractivity contribution in [1.29, 1.82) is 5.26 Å². The average Bonchev–Trinajstić information content (AvgIpc) is 1.82. The second kappa shape index (κ2) is 4.08. The predicted molar refractivity (Wildman–Crippen MR) is 34.7 cm³/mol. The van der Waals surface area contributed by atoms with Gasteiger partial charge < -0.3 is 0 Å². The van der Waals surface area contributed by atoms with Crippen LogP contribution in [0, 0.1) is 17.2 Å². The summed E-state index contributed by atoms with van der Waals surface area (Å²) in [4.78, 5) is 10.5. The van der Waals surface area contributed by atoms with Crippen LogP contribution >= 0.6 is 0 Å². The van der Waals surface area contributed by atoms with E-state index in [1.54, 1.807) is 6.92 Å². The van der Waals surface area contributed by atoms with Crippen molar-refractivity contribution < 1.29 is 4.79 Å². The molecule has 0 unspecified atom stereocenters.